The molecule has 6 heteroatoms. The van der Waals surface area contributed by atoms with E-state index in [2.05, 4.69) is 12.1 Å². The van der Waals surface area contributed by atoms with Gasteiger partial charge in [0.15, 0.2) is 0 Å². The highest BCUT2D eigenvalue weighted by molar-refractivity contribution is 6.42. The minimum atomic E-state index is -0.685. The summed E-state index contributed by atoms with van der Waals surface area (Å²) in [6.07, 6.45) is 2.67. The lowest BCUT2D eigenvalue weighted by atomic mass is 9.90. The topological polar surface area (TPSA) is 80.5 Å². The van der Waals surface area contributed by atoms with Gasteiger partial charge in [-0.15, -0.1) is 0 Å². The molecule has 0 bridgehead atoms. The number of Topliss-reactive ketones (excluding diaryl/α,β-unsaturated/α-hetero) is 1. The van der Waals surface area contributed by atoms with E-state index in [0.717, 1.165) is 25.3 Å². The third kappa shape index (κ3) is 4.14. The first-order chi connectivity index (χ1) is 12.5. The third-order valence-electron chi connectivity index (χ3n) is 4.78. The van der Waals surface area contributed by atoms with Crippen molar-refractivity contribution in [3.8, 4) is 0 Å². The molecule has 1 heterocycles. The molecule has 6 nitrogen and oxygen atoms in total. The first-order valence-electron chi connectivity index (χ1n) is 8.66. The highest BCUT2D eigenvalue weighted by Gasteiger charge is 2.28. The van der Waals surface area contributed by atoms with Crippen LogP contribution in [0.2, 0.25) is 0 Å². The highest BCUT2D eigenvalue weighted by Crippen LogP contribution is 2.22. The van der Waals surface area contributed by atoms with Crippen LogP contribution < -0.4 is 0 Å². The summed E-state index contributed by atoms with van der Waals surface area (Å²) >= 11 is 0. The number of ketones is 1. The molecule has 0 spiro atoms. The molecule has 0 N–H and O–H groups in total. The van der Waals surface area contributed by atoms with Crippen molar-refractivity contribution in [2.45, 2.75) is 19.3 Å². The number of nitrogens with zero attached hydrogens (tertiary/aromatic N) is 2. The summed E-state index contributed by atoms with van der Waals surface area (Å²) in [7, 11) is 0. The number of nitro benzene ring substituents is 1. The number of likely N-dealkylation sites (tertiary alicyclic amines) is 1. The van der Waals surface area contributed by atoms with Crippen molar-refractivity contribution >= 4 is 17.4 Å². The maximum atomic E-state index is 12.5. The molecule has 2 aromatic rings. The van der Waals surface area contributed by atoms with Gasteiger partial charge in [-0.1, -0.05) is 42.5 Å². The lowest BCUT2D eigenvalue weighted by Gasteiger charge is -2.31. The number of nitro groups is 1. The molecule has 3 rings (SSSR count). The van der Waals surface area contributed by atoms with Gasteiger partial charge in [0, 0.05) is 30.8 Å². The van der Waals surface area contributed by atoms with Crippen LogP contribution in [-0.4, -0.2) is 34.6 Å². The van der Waals surface area contributed by atoms with Gasteiger partial charge in [0.05, 0.1) is 4.92 Å². The van der Waals surface area contributed by atoms with Gasteiger partial charge >= 0.3 is 0 Å². The molecule has 26 heavy (non-hydrogen) atoms. The maximum Gasteiger partial charge on any atom is 0.294 e. The molecule has 0 saturated carbocycles. The predicted octanol–water partition coefficient (Wildman–Crippen LogP) is 3.26. The first kappa shape index (κ1) is 17.8. The molecule has 2 aromatic carbocycles. The Kier molecular flexibility index (Phi) is 5.41. The van der Waals surface area contributed by atoms with Crippen molar-refractivity contribution in [1.82, 2.24) is 4.90 Å². The van der Waals surface area contributed by atoms with E-state index in [1.54, 1.807) is 4.90 Å². The molecule has 1 saturated heterocycles. The molecule has 0 atom stereocenters. The van der Waals surface area contributed by atoms with Gasteiger partial charge in [-0.05, 0) is 30.7 Å². The normalized spacial score (nSPS) is 14.8. The molecule has 1 aliphatic rings. The second-order valence-corrected chi connectivity index (χ2v) is 6.56. The Morgan fingerprint density at radius 1 is 1.04 bits per heavy atom. The highest BCUT2D eigenvalue weighted by atomic mass is 16.6. The Morgan fingerprint density at radius 3 is 2.38 bits per heavy atom. The Morgan fingerprint density at radius 2 is 1.73 bits per heavy atom. The fraction of sp³-hybridized carbons (Fsp3) is 0.300. The average molecular weight is 352 g/mol. The van der Waals surface area contributed by atoms with Crippen LogP contribution in [0, 0.1) is 16.0 Å². The number of amides is 1. The molecule has 0 aliphatic carbocycles. The van der Waals surface area contributed by atoms with Crippen LogP contribution >= 0.6 is 0 Å². The van der Waals surface area contributed by atoms with Crippen molar-refractivity contribution in [3.05, 3.63) is 75.8 Å². The van der Waals surface area contributed by atoms with Crippen molar-refractivity contribution in [3.63, 3.8) is 0 Å². The SMILES string of the molecule is O=C(C(=O)N1CCC(Cc2ccccc2)CC1)c1cccc([N+](=O)[O-])c1. The molecule has 1 fully saturated rings. The van der Waals surface area contributed by atoms with Crippen LogP contribution in [0.1, 0.15) is 28.8 Å². The van der Waals surface area contributed by atoms with Crippen LogP contribution in [0.15, 0.2) is 54.6 Å². The number of non-ortho nitro benzene ring substituents is 1. The van der Waals surface area contributed by atoms with Gasteiger partial charge in [0.2, 0.25) is 0 Å². The minimum absolute atomic E-state index is 0.0654. The Hall–Kier alpha value is -3.02. The summed E-state index contributed by atoms with van der Waals surface area (Å²) in [5.74, 6) is -0.770. The molecule has 0 radical (unpaired) electrons. The molecule has 134 valence electrons. The largest absolute Gasteiger partial charge is 0.336 e. The number of benzene rings is 2. The number of hydrogen-bond donors (Lipinski definition) is 0. The smallest absolute Gasteiger partial charge is 0.294 e. The van der Waals surface area contributed by atoms with E-state index in [1.807, 2.05) is 18.2 Å². The lowest BCUT2D eigenvalue weighted by molar-refractivity contribution is -0.384. The Balaban J connectivity index is 1.58. The number of piperidine rings is 1. The second-order valence-electron chi connectivity index (χ2n) is 6.56. The van der Waals surface area contributed by atoms with Crippen molar-refractivity contribution in [1.29, 1.82) is 0 Å². The molecule has 1 aliphatic heterocycles. The third-order valence-corrected chi connectivity index (χ3v) is 4.78. The van der Waals surface area contributed by atoms with E-state index in [-0.39, 0.29) is 11.3 Å². The van der Waals surface area contributed by atoms with Gasteiger partial charge in [-0.2, -0.15) is 0 Å². The minimum Gasteiger partial charge on any atom is -0.336 e. The standard InChI is InChI=1S/C20H20N2O4/c23-19(17-7-4-8-18(14-17)22(25)26)20(24)21-11-9-16(10-12-21)13-15-5-2-1-3-6-15/h1-8,14,16H,9-13H2. The van der Waals surface area contributed by atoms with Crippen molar-refractivity contribution < 1.29 is 14.5 Å². The van der Waals surface area contributed by atoms with E-state index in [9.17, 15) is 19.7 Å². The number of rotatable bonds is 5. The van der Waals surface area contributed by atoms with E-state index in [0.29, 0.717) is 19.0 Å². The first-order valence-corrected chi connectivity index (χ1v) is 8.66. The summed E-state index contributed by atoms with van der Waals surface area (Å²) in [5, 5.41) is 10.8. The summed E-state index contributed by atoms with van der Waals surface area (Å²) in [6.45, 7) is 1.08. The number of carbonyl (C=O) groups is 2. The van der Waals surface area contributed by atoms with Gasteiger partial charge < -0.3 is 4.90 Å². The molecular formula is C20H20N2O4. The predicted molar refractivity (Wildman–Crippen MR) is 96.9 cm³/mol. The quantitative estimate of drug-likeness (QED) is 0.358. The molecular weight excluding hydrogens is 332 g/mol. The number of carbonyl (C=O) groups excluding carboxylic acids is 2. The van der Waals surface area contributed by atoms with E-state index in [1.165, 1.54) is 23.8 Å². The molecule has 0 aromatic heterocycles. The second kappa shape index (κ2) is 7.91. The maximum absolute atomic E-state index is 12.5. The van der Waals surface area contributed by atoms with Crippen LogP contribution in [0.5, 0.6) is 0 Å². The fourth-order valence-electron chi connectivity index (χ4n) is 3.32. The van der Waals surface area contributed by atoms with Crippen molar-refractivity contribution in [2.24, 2.45) is 5.92 Å². The van der Waals surface area contributed by atoms with Gasteiger partial charge in [0.1, 0.15) is 0 Å². The van der Waals surface area contributed by atoms with E-state index in [4.69, 9.17) is 0 Å². The van der Waals surface area contributed by atoms with Gasteiger partial charge in [0.25, 0.3) is 17.4 Å². The zero-order valence-corrected chi connectivity index (χ0v) is 14.3. The molecule has 0 unspecified atom stereocenters. The zero-order valence-electron chi connectivity index (χ0n) is 14.3. The lowest BCUT2D eigenvalue weighted by Crippen LogP contribution is -2.42. The van der Waals surface area contributed by atoms with Gasteiger partial charge in [-0.3, -0.25) is 19.7 Å². The Bertz CT molecular complexity index is 812. The fourth-order valence-corrected chi connectivity index (χ4v) is 3.32. The van der Waals surface area contributed by atoms with Gasteiger partial charge in [-0.25, -0.2) is 0 Å². The monoisotopic (exact) mass is 352 g/mol. The van der Waals surface area contributed by atoms with Crippen LogP contribution in [0.3, 0.4) is 0 Å². The summed E-state index contributed by atoms with van der Waals surface area (Å²) in [5.41, 5.74) is 1.16. The van der Waals surface area contributed by atoms with Crippen LogP contribution in [-0.2, 0) is 11.2 Å². The zero-order chi connectivity index (χ0) is 18.5. The van der Waals surface area contributed by atoms with Crippen LogP contribution in [0.25, 0.3) is 0 Å². The van der Waals surface area contributed by atoms with Crippen LogP contribution in [0.4, 0.5) is 5.69 Å². The van der Waals surface area contributed by atoms with E-state index < -0.39 is 16.6 Å². The molecule has 1 amide bonds. The summed E-state index contributed by atoms with van der Waals surface area (Å²) in [6, 6.07) is 15.5. The summed E-state index contributed by atoms with van der Waals surface area (Å²) in [4.78, 5) is 36.6. The van der Waals surface area contributed by atoms with E-state index >= 15 is 0 Å². The average Bonchev–Trinajstić information content (AvgIpc) is 2.68. The van der Waals surface area contributed by atoms with Crippen molar-refractivity contribution in [2.75, 3.05) is 13.1 Å². The Labute approximate surface area is 151 Å². The summed E-state index contributed by atoms with van der Waals surface area (Å²) < 4.78 is 0. The number of hydrogen-bond acceptors (Lipinski definition) is 4.